The number of phosphoric acid groups is 1. The maximum absolute atomic E-state index is 11.2. The summed E-state index contributed by atoms with van der Waals surface area (Å²) in [5.41, 5.74) is 0. The van der Waals surface area contributed by atoms with Gasteiger partial charge in [-0.05, 0) is 13.5 Å². The van der Waals surface area contributed by atoms with Crippen molar-refractivity contribution in [1.82, 2.24) is 4.90 Å². The van der Waals surface area contributed by atoms with Gasteiger partial charge in [0.05, 0.1) is 6.61 Å². The Labute approximate surface area is 184 Å². The summed E-state index contributed by atoms with van der Waals surface area (Å²) < 4.78 is 36.4. The van der Waals surface area contributed by atoms with Crippen molar-refractivity contribution < 1.29 is 32.7 Å². The van der Waals surface area contributed by atoms with Crippen molar-refractivity contribution in [3.8, 4) is 0 Å². The smallest absolute Gasteiger partial charge is 0.352 e. The minimum Gasteiger partial charge on any atom is -0.352 e. The predicted octanol–water partition coefficient (Wildman–Crippen LogP) is 5.68. The number of nitrogens with zero attached hydrogens (tertiary/aromatic N) is 1. The molecule has 8 nitrogen and oxygen atoms in total. The zero-order valence-electron chi connectivity index (χ0n) is 18.9. The lowest BCUT2D eigenvalue weighted by Gasteiger charge is -2.22. The Balaban J connectivity index is 3.77. The molecule has 0 heterocycles. The number of rotatable bonds is 23. The highest BCUT2D eigenvalue weighted by atomic mass is 31.2. The third-order valence-electron chi connectivity index (χ3n) is 4.92. The first-order valence-corrected chi connectivity index (χ1v) is 13.6. The van der Waals surface area contributed by atoms with Crippen LogP contribution in [0.2, 0.25) is 0 Å². The number of hydrogen-bond donors (Lipinski definition) is 2. The maximum atomic E-state index is 11.2. The third kappa shape index (κ3) is 22.8. The first-order chi connectivity index (χ1) is 14.4. The minimum absolute atomic E-state index is 0.311. The highest BCUT2D eigenvalue weighted by Crippen LogP contribution is 2.38. The summed E-state index contributed by atoms with van der Waals surface area (Å²) in [6.45, 7) is 4.04. The largest absolute Gasteiger partial charge is 0.471 e. The lowest BCUT2D eigenvalue weighted by Crippen LogP contribution is -2.28. The van der Waals surface area contributed by atoms with Crippen molar-refractivity contribution in [3.63, 3.8) is 0 Å². The lowest BCUT2D eigenvalue weighted by atomic mass is 10.1. The van der Waals surface area contributed by atoms with Crippen molar-refractivity contribution in [1.29, 1.82) is 0 Å². The van der Waals surface area contributed by atoms with E-state index in [0.29, 0.717) is 32.7 Å². The number of likely N-dealkylation sites (N-methyl/N-ethyl adjacent to an activating group) is 1. The van der Waals surface area contributed by atoms with E-state index in [1.807, 2.05) is 11.9 Å². The fraction of sp³-hybridized carbons (Fsp3) is 1.00. The number of ether oxygens (including phenoxy) is 1. The van der Waals surface area contributed by atoms with Crippen LogP contribution < -0.4 is 0 Å². The second kappa shape index (κ2) is 21.0. The van der Waals surface area contributed by atoms with Gasteiger partial charge >= 0.3 is 16.5 Å². The molecule has 2 N–H and O–H groups in total. The Morgan fingerprint density at radius 1 is 0.867 bits per heavy atom. The van der Waals surface area contributed by atoms with E-state index in [9.17, 15) is 9.13 Å². The van der Waals surface area contributed by atoms with Crippen LogP contribution in [0.3, 0.4) is 0 Å². The van der Waals surface area contributed by atoms with Gasteiger partial charge in [0, 0.05) is 26.1 Å². The zero-order chi connectivity index (χ0) is 22.5. The van der Waals surface area contributed by atoms with Gasteiger partial charge in [0.15, 0.2) is 6.29 Å². The molecule has 0 radical (unpaired) electrons. The molecule has 1 atom stereocenters. The van der Waals surface area contributed by atoms with Crippen LogP contribution in [0.25, 0.3) is 0 Å². The molecule has 180 valence electrons. The quantitative estimate of drug-likeness (QED) is 0.111. The van der Waals surface area contributed by atoms with Gasteiger partial charge in [-0.1, -0.05) is 77.6 Å². The summed E-state index contributed by atoms with van der Waals surface area (Å²) in [6.07, 6.45) is 14.3. The number of hydrogen-bond acceptors (Lipinski definition) is 6. The van der Waals surface area contributed by atoms with E-state index in [4.69, 9.17) is 23.6 Å². The standard InChI is InChI=1S/C20H43NO7P2/c1-3-4-5-6-7-8-9-10-11-12-13-14-18-26-20(28-30(23,24)25)15-16-21(2)17-19-27-29-22/h20H,3-19H2,1-2H3,(H2,23,24,25). The molecule has 0 aromatic heterocycles. The Morgan fingerprint density at radius 3 is 1.90 bits per heavy atom. The molecule has 30 heavy (non-hydrogen) atoms. The highest BCUT2D eigenvalue weighted by molar-refractivity contribution is 7.46. The molecule has 0 saturated heterocycles. The van der Waals surface area contributed by atoms with Crippen LogP contribution >= 0.6 is 16.5 Å². The Bertz CT molecular complexity index is 437. The first-order valence-electron chi connectivity index (χ1n) is 11.4. The van der Waals surface area contributed by atoms with Crippen molar-refractivity contribution in [2.75, 3.05) is 33.4 Å². The van der Waals surface area contributed by atoms with Crippen LogP contribution in [0.5, 0.6) is 0 Å². The van der Waals surface area contributed by atoms with Gasteiger partial charge < -0.3 is 19.4 Å². The molecule has 0 aromatic carbocycles. The monoisotopic (exact) mass is 471 g/mol. The van der Waals surface area contributed by atoms with Crippen LogP contribution in [0, 0.1) is 0 Å². The van der Waals surface area contributed by atoms with E-state index < -0.39 is 14.1 Å². The summed E-state index contributed by atoms with van der Waals surface area (Å²) in [5, 5.41) is 0. The van der Waals surface area contributed by atoms with Gasteiger partial charge in [-0.25, -0.2) is 9.13 Å². The Hall–Kier alpha value is 0.0900. The third-order valence-corrected chi connectivity index (χ3v) is 5.72. The van der Waals surface area contributed by atoms with Crippen LogP contribution in [-0.2, 0) is 22.9 Å². The molecular weight excluding hydrogens is 428 g/mol. The molecular formula is C20H43NO7P2. The van der Waals surface area contributed by atoms with Crippen molar-refractivity contribution in [2.45, 2.75) is 96.7 Å². The first kappa shape index (κ1) is 30.1. The SMILES string of the molecule is CCCCCCCCCCCCCCOC(CCN(C)CCOP=O)OP(=O)(O)O. The molecule has 0 rings (SSSR count). The van der Waals surface area contributed by atoms with E-state index in [1.54, 1.807) is 0 Å². The average Bonchev–Trinajstić information content (AvgIpc) is 2.68. The molecule has 0 fully saturated rings. The summed E-state index contributed by atoms with van der Waals surface area (Å²) in [7, 11) is -3.12. The summed E-state index contributed by atoms with van der Waals surface area (Å²) in [4.78, 5) is 20.0. The second-order valence-corrected chi connectivity index (χ2v) is 9.38. The number of phosphoric ester groups is 1. The maximum Gasteiger partial charge on any atom is 0.471 e. The molecule has 0 spiro atoms. The lowest BCUT2D eigenvalue weighted by molar-refractivity contribution is -0.0998. The van der Waals surface area contributed by atoms with Crippen LogP contribution in [0.1, 0.15) is 90.4 Å². The molecule has 0 aromatic rings. The van der Waals surface area contributed by atoms with E-state index in [2.05, 4.69) is 6.92 Å². The molecule has 10 heteroatoms. The topological polar surface area (TPSA) is 106 Å². The number of unbranched alkanes of at least 4 members (excludes halogenated alkanes) is 11. The summed E-state index contributed by atoms with van der Waals surface area (Å²) in [6, 6.07) is 0. The normalized spacial score (nSPS) is 13.4. The molecule has 0 aliphatic carbocycles. The second-order valence-electron chi connectivity index (χ2n) is 7.79. The minimum atomic E-state index is -4.60. The fourth-order valence-electron chi connectivity index (χ4n) is 3.15. The Kier molecular flexibility index (Phi) is 21.0. The van der Waals surface area contributed by atoms with E-state index in [0.717, 1.165) is 19.3 Å². The van der Waals surface area contributed by atoms with Gasteiger partial charge in [0.2, 0.25) is 0 Å². The van der Waals surface area contributed by atoms with Gasteiger partial charge in [-0.2, -0.15) is 0 Å². The van der Waals surface area contributed by atoms with E-state index in [-0.39, 0.29) is 8.69 Å². The zero-order valence-corrected chi connectivity index (χ0v) is 20.7. The van der Waals surface area contributed by atoms with Crippen LogP contribution in [0.4, 0.5) is 0 Å². The Morgan fingerprint density at radius 2 is 1.40 bits per heavy atom. The van der Waals surface area contributed by atoms with Crippen molar-refractivity contribution >= 4 is 16.5 Å². The van der Waals surface area contributed by atoms with Crippen LogP contribution in [-0.4, -0.2) is 54.3 Å². The molecule has 0 saturated carbocycles. The summed E-state index contributed by atoms with van der Waals surface area (Å²) >= 11 is 0. The fourth-order valence-corrected chi connectivity index (χ4v) is 3.78. The molecule has 1 unspecified atom stereocenters. The molecule has 0 aliphatic heterocycles. The van der Waals surface area contributed by atoms with Crippen molar-refractivity contribution in [3.05, 3.63) is 0 Å². The summed E-state index contributed by atoms with van der Waals surface area (Å²) in [5.74, 6) is 0. The van der Waals surface area contributed by atoms with E-state index in [1.165, 1.54) is 57.8 Å². The molecule has 0 aliphatic rings. The van der Waals surface area contributed by atoms with Gasteiger partial charge in [-0.15, -0.1) is 0 Å². The van der Waals surface area contributed by atoms with Gasteiger partial charge in [0.1, 0.15) is 0 Å². The van der Waals surface area contributed by atoms with Crippen molar-refractivity contribution in [2.24, 2.45) is 0 Å². The van der Waals surface area contributed by atoms with E-state index >= 15 is 0 Å². The van der Waals surface area contributed by atoms with Crippen LogP contribution in [0.15, 0.2) is 0 Å². The van der Waals surface area contributed by atoms with Gasteiger partial charge in [0.25, 0.3) is 0 Å². The molecule has 0 bridgehead atoms. The van der Waals surface area contributed by atoms with Gasteiger partial charge in [-0.3, -0.25) is 9.05 Å². The highest BCUT2D eigenvalue weighted by Gasteiger charge is 2.23. The average molecular weight is 472 g/mol. The molecule has 0 amide bonds. The predicted molar refractivity (Wildman–Crippen MR) is 120 cm³/mol.